The number of para-hydroxylation sites is 1. The zero-order chi connectivity index (χ0) is 17.9. The molecule has 1 N–H and O–H groups in total. The molecular weight excluding hydrogens is 330 g/mol. The number of benzene rings is 1. The van der Waals surface area contributed by atoms with Crippen molar-refractivity contribution in [1.82, 2.24) is 24.6 Å². The van der Waals surface area contributed by atoms with Crippen LogP contribution in [0.25, 0.3) is 0 Å². The zero-order valence-corrected chi connectivity index (χ0v) is 13.8. The van der Waals surface area contributed by atoms with Gasteiger partial charge in [-0.1, -0.05) is 18.2 Å². The Labute approximate surface area is 149 Å². The molecule has 0 radical (unpaired) electrons. The van der Waals surface area contributed by atoms with Crippen LogP contribution < -0.4 is 5.32 Å². The number of carbonyl (C=O) groups is 1. The molecule has 0 aliphatic carbocycles. The highest BCUT2D eigenvalue weighted by molar-refractivity contribution is 5.93. The Morgan fingerprint density at radius 2 is 1.92 bits per heavy atom. The summed E-state index contributed by atoms with van der Waals surface area (Å²) in [5, 5.41) is 16.2. The summed E-state index contributed by atoms with van der Waals surface area (Å²) < 4.78 is 1.77. The first kappa shape index (κ1) is 15.8. The van der Waals surface area contributed by atoms with Gasteiger partial charge in [0.1, 0.15) is 6.07 Å². The first-order valence-corrected chi connectivity index (χ1v) is 8.13. The van der Waals surface area contributed by atoms with Crippen molar-refractivity contribution in [2.45, 2.75) is 13.1 Å². The van der Waals surface area contributed by atoms with Gasteiger partial charge in [-0.05, 0) is 18.2 Å². The number of hydrogen-bond donors (Lipinski definition) is 1. The Balaban J connectivity index is 1.46. The van der Waals surface area contributed by atoms with Gasteiger partial charge in [0.2, 0.25) is 5.95 Å². The summed E-state index contributed by atoms with van der Waals surface area (Å²) in [6.45, 7) is 1.51. The lowest BCUT2D eigenvalue weighted by Gasteiger charge is -2.27. The second-order valence-corrected chi connectivity index (χ2v) is 5.87. The number of fused-ring (bicyclic) bond motifs is 1. The molecule has 0 spiro atoms. The number of nitriles is 1. The molecule has 3 aromatic rings. The molecule has 3 heterocycles. The Morgan fingerprint density at radius 1 is 1.15 bits per heavy atom. The number of carbonyl (C=O) groups excluding carboxylic acids is 1. The van der Waals surface area contributed by atoms with Crippen LogP contribution in [0.1, 0.15) is 21.7 Å². The van der Waals surface area contributed by atoms with E-state index in [-0.39, 0.29) is 5.91 Å². The van der Waals surface area contributed by atoms with Crippen molar-refractivity contribution in [2.75, 3.05) is 11.9 Å². The molecule has 0 unspecified atom stereocenters. The second-order valence-electron chi connectivity index (χ2n) is 5.87. The Morgan fingerprint density at radius 3 is 2.65 bits per heavy atom. The van der Waals surface area contributed by atoms with E-state index in [4.69, 9.17) is 5.26 Å². The summed E-state index contributed by atoms with van der Waals surface area (Å²) in [5.41, 5.74) is 2.53. The second kappa shape index (κ2) is 6.64. The molecule has 26 heavy (non-hydrogen) atoms. The maximum Gasteiger partial charge on any atom is 0.257 e. The van der Waals surface area contributed by atoms with Crippen LogP contribution in [0, 0.1) is 11.3 Å². The van der Waals surface area contributed by atoms with Crippen molar-refractivity contribution >= 4 is 17.5 Å². The average molecular weight is 345 g/mol. The third-order valence-electron chi connectivity index (χ3n) is 4.13. The Hall–Kier alpha value is -3.73. The molecule has 8 heteroatoms. The van der Waals surface area contributed by atoms with E-state index in [1.165, 1.54) is 12.4 Å². The average Bonchev–Trinajstić information content (AvgIpc) is 3.11. The van der Waals surface area contributed by atoms with E-state index in [0.717, 1.165) is 11.4 Å². The molecule has 1 amide bonds. The molecule has 1 aliphatic heterocycles. The van der Waals surface area contributed by atoms with E-state index in [1.54, 1.807) is 15.6 Å². The van der Waals surface area contributed by atoms with E-state index in [9.17, 15) is 4.79 Å². The number of nitrogens with one attached hydrogen (secondary N) is 1. The van der Waals surface area contributed by atoms with E-state index < -0.39 is 0 Å². The van der Waals surface area contributed by atoms with Crippen molar-refractivity contribution in [3.63, 3.8) is 0 Å². The van der Waals surface area contributed by atoms with Crippen LogP contribution in [0.4, 0.5) is 11.6 Å². The minimum atomic E-state index is -0.137. The summed E-state index contributed by atoms with van der Waals surface area (Å²) in [5.74, 6) is 0.297. The predicted molar refractivity (Wildman–Crippen MR) is 93.4 cm³/mol. The van der Waals surface area contributed by atoms with E-state index in [1.807, 2.05) is 36.4 Å². The van der Waals surface area contributed by atoms with Crippen molar-refractivity contribution in [2.24, 2.45) is 0 Å². The highest BCUT2D eigenvalue weighted by Gasteiger charge is 2.23. The lowest BCUT2D eigenvalue weighted by molar-refractivity contribution is 0.0705. The number of aromatic nitrogens is 4. The van der Waals surface area contributed by atoms with E-state index in [2.05, 4.69) is 20.4 Å². The molecule has 1 aliphatic rings. The van der Waals surface area contributed by atoms with Gasteiger partial charge in [-0.2, -0.15) is 10.4 Å². The SMILES string of the molecule is N#Cc1cc2n(n1)CCN(C(=O)c1cnc(Nc3ccccc3)nc1)C2. The highest BCUT2D eigenvalue weighted by atomic mass is 16.2. The number of amides is 1. The van der Waals surface area contributed by atoms with Gasteiger partial charge in [0.25, 0.3) is 5.91 Å². The normalized spacial score (nSPS) is 13.0. The van der Waals surface area contributed by atoms with Crippen LogP contribution >= 0.6 is 0 Å². The fourth-order valence-corrected chi connectivity index (χ4v) is 2.83. The third kappa shape index (κ3) is 3.10. The smallest absolute Gasteiger partial charge is 0.257 e. The van der Waals surface area contributed by atoms with Crippen molar-refractivity contribution < 1.29 is 4.79 Å². The minimum absolute atomic E-state index is 0.137. The van der Waals surface area contributed by atoms with Crippen LogP contribution in [0.3, 0.4) is 0 Å². The standard InChI is InChI=1S/C18H15N7O/c19-9-15-8-16-12-24(6-7-25(16)23-15)17(26)13-10-20-18(21-11-13)22-14-4-2-1-3-5-14/h1-5,8,10-11H,6-7,12H2,(H,20,21,22). The van der Waals surface area contributed by atoms with E-state index >= 15 is 0 Å². The first-order valence-electron chi connectivity index (χ1n) is 8.13. The van der Waals surface area contributed by atoms with Gasteiger partial charge in [-0.3, -0.25) is 9.48 Å². The first-order chi connectivity index (χ1) is 12.7. The molecule has 0 saturated heterocycles. The van der Waals surface area contributed by atoms with Gasteiger partial charge in [0, 0.05) is 24.6 Å². The molecule has 8 nitrogen and oxygen atoms in total. The minimum Gasteiger partial charge on any atom is -0.331 e. The van der Waals surface area contributed by atoms with Gasteiger partial charge in [0.05, 0.1) is 24.3 Å². The fraction of sp³-hybridized carbons (Fsp3) is 0.167. The molecule has 0 atom stereocenters. The highest BCUT2D eigenvalue weighted by Crippen LogP contribution is 2.17. The van der Waals surface area contributed by atoms with Crippen molar-refractivity contribution in [3.8, 4) is 6.07 Å². The van der Waals surface area contributed by atoms with Crippen LogP contribution in [0.5, 0.6) is 0 Å². The summed E-state index contributed by atoms with van der Waals surface area (Å²) in [6.07, 6.45) is 3.04. The fourth-order valence-electron chi connectivity index (χ4n) is 2.83. The van der Waals surface area contributed by atoms with E-state index in [0.29, 0.717) is 36.8 Å². The van der Waals surface area contributed by atoms with Gasteiger partial charge in [-0.15, -0.1) is 0 Å². The Bertz CT molecular complexity index is 973. The topological polar surface area (TPSA) is 99.7 Å². The number of anilines is 2. The molecule has 0 fully saturated rings. The molecular formula is C18H15N7O. The van der Waals surface area contributed by atoms with Gasteiger partial charge < -0.3 is 10.2 Å². The van der Waals surface area contributed by atoms with Crippen LogP contribution in [0.15, 0.2) is 48.8 Å². The predicted octanol–water partition coefficient (Wildman–Crippen LogP) is 1.94. The van der Waals surface area contributed by atoms with Crippen LogP contribution in [-0.4, -0.2) is 37.1 Å². The summed E-state index contributed by atoms with van der Waals surface area (Å²) in [4.78, 5) is 22.8. The van der Waals surface area contributed by atoms with Crippen LogP contribution in [-0.2, 0) is 13.1 Å². The largest absolute Gasteiger partial charge is 0.331 e. The molecule has 4 rings (SSSR count). The number of nitrogens with zero attached hydrogens (tertiary/aromatic N) is 6. The maximum absolute atomic E-state index is 12.7. The Kier molecular flexibility index (Phi) is 4.03. The monoisotopic (exact) mass is 345 g/mol. The van der Waals surface area contributed by atoms with Gasteiger partial charge in [-0.25, -0.2) is 9.97 Å². The molecule has 0 bridgehead atoms. The number of rotatable bonds is 3. The summed E-state index contributed by atoms with van der Waals surface area (Å²) >= 11 is 0. The molecule has 128 valence electrons. The summed E-state index contributed by atoms with van der Waals surface area (Å²) in [7, 11) is 0. The molecule has 2 aromatic heterocycles. The quantitative estimate of drug-likeness (QED) is 0.779. The van der Waals surface area contributed by atoms with Gasteiger partial charge in [0.15, 0.2) is 5.69 Å². The van der Waals surface area contributed by atoms with Crippen LogP contribution in [0.2, 0.25) is 0 Å². The summed E-state index contributed by atoms with van der Waals surface area (Å²) in [6, 6.07) is 13.3. The molecule has 1 aromatic carbocycles. The number of hydrogen-bond acceptors (Lipinski definition) is 6. The molecule has 0 saturated carbocycles. The van der Waals surface area contributed by atoms with Crippen molar-refractivity contribution in [3.05, 3.63) is 65.7 Å². The lowest BCUT2D eigenvalue weighted by Crippen LogP contribution is -2.38. The van der Waals surface area contributed by atoms with Crippen molar-refractivity contribution in [1.29, 1.82) is 5.26 Å². The lowest BCUT2D eigenvalue weighted by atomic mass is 10.2. The third-order valence-corrected chi connectivity index (χ3v) is 4.13. The maximum atomic E-state index is 12.7. The zero-order valence-electron chi connectivity index (χ0n) is 13.8. The van der Waals surface area contributed by atoms with Gasteiger partial charge >= 0.3 is 0 Å².